The topological polar surface area (TPSA) is 69.6 Å². The average Bonchev–Trinajstić information content (AvgIpc) is 2.68. The molecule has 1 aromatic carbocycles. The number of hydrogen-bond donors (Lipinski definition) is 2. The summed E-state index contributed by atoms with van der Waals surface area (Å²) < 4.78 is 1.01. The molecular formula is C20H26BrN5O. The normalized spacial score (nSPS) is 11.1. The Labute approximate surface area is 169 Å². The minimum Gasteiger partial charge on any atom is -0.357 e. The number of nitrogens with one attached hydrogen (secondary N) is 2. The first-order valence-corrected chi connectivity index (χ1v) is 9.79. The summed E-state index contributed by atoms with van der Waals surface area (Å²) in [6.07, 6.45) is 2.15. The number of guanidine groups is 1. The van der Waals surface area contributed by atoms with Gasteiger partial charge in [-0.15, -0.1) is 0 Å². The summed E-state index contributed by atoms with van der Waals surface area (Å²) in [5.41, 5.74) is 1.99. The lowest BCUT2D eigenvalue weighted by atomic mass is 10.2. The number of hydrogen-bond acceptors (Lipinski definition) is 3. The lowest BCUT2D eigenvalue weighted by Crippen LogP contribution is -2.39. The Morgan fingerprint density at radius 1 is 1.19 bits per heavy atom. The monoisotopic (exact) mass is 431 g/mol. The molecule has 0 aliphatic heterocycles. The number of benzene rings is 1. The van der Waals surface area contributed by atoms with Crippen LogP contribution in [0.5, 0.6) is 0 Å². The molecule has 2 rings (SSSR count). The van der Waals surface area contributed by atoms with E-state index in [1.54, 1.807) is 11.1 Å². The van der Waals surface area contributed by atoms with Gasteiger partial charge in [-0.25, -0.2) is 4.99 Å². The molecule has 1 amide bonds. The van der Waals surface area contributed by atoms with Crippen LogP contribution < -0.4 is 10.6 Å². The molecule has 2 aromatic rings. The molecule has 1 heterocycles. The Morgan fingerprint density at radius 2 is 1.96 bits per heavy atom. The number of aliphatic imine (C=N–C) groups is 1. The maximum atomic E-state index is 12.4. The van der Waals surface area contributed by atoms with Gasteiger partial charge in [0.15, 0.2) is 5.96 Å². The van der Waals surface area contributed by atoms with Crippen LogP contribution in [0.2, 0.25) is 0 Å². The number of carbonyl (C=O) groups excluding carboxylic acids is 1. The minimum absolute atomic E-state index is 0.0822. The Balaban J connectivity index is 1.81. The second-order valence-electron chi connectivity index (χ2n) is 6.03. The van der Waals surface area contributed by atoms with Crippen LogP contribution in [0.25, 0.3) is 0 Å². The molecule has 144 valence electrons. The molecule has 27 heavy (non-hydrogen) atoms. The molecule has 0 aliphatic carbocycles. The average molecular weight is 432 g/mol. The van der Waals surface area contributed by atoms with Gasteiger partial charge in [0.25, 0.3) is 0 Å². The first-order chi connectivity index (χ1) is 13.1. The molecular weight excluding hydrogens is 406 g/mol. The highest BCUT2D eigenvalue weighted by molar-refractivity contribution is 9.10. The summed E-state index contributed by atoms with van der Waals surface area (Å²) >= 11 is 3.52. The molecule has 0 unspecified atom stereocenters. The number of nitrogens with zero attached hydrogens (tertiary/aromatic N) is 3. The van der Waals surface area contributed by atoms with E-state index in [2.05, 4.69) is 36.5 Å². The van der Waals surface area contributed by atoms with Crippen molar-refractivity contribution < 1.29 is 4.79 Å². The highest BCUT2D eigenvalue weighted by atomic mass is 79.9. The Kier molecular flexibility index (Phi) is 8.77. The molecule has 0 spiro atoms. The first-order valence-electron chi connectivity index (χ1n) is 8.99. The van der Waals surface area contributed by atoms with Crippen molar-refractivity contribution in [1.82, 2.24) is 20.5 Å². The fraction of sp³-hybridized carbons (Fsp3) is 0.350. The molecule has 2 N–H and O–H groups in total. The van der Waals surface area contributed by atoms with E-state index < -0.39 is 0 Å². The smallest absolute Gasteiger partial charge is 0.224 e. The molecule has 6 nitrogen and oxygen atoms in total. The van der Waals surface area contributed by atoms with Gasteiger partial charge < -0.3 is 15.5 Å². The van der Waals surface area contributed by atoms with Gasteiger partial charge in [0.2, 0.25) is 5.91 Å². The van der Waals surface area contributed by atoms with Gasteiger partial charge in [-0.2, -0.15) is 0 Å². The van der Waals surface area contributed by atoms with Crippen LogP contribution >= 0.6 is 15.9 Å². The Hall–Kier alpha value is -2.41. The second-order valence-corrected chi connectivity index (χ2v) is 6.89. The van der Waals surface area contributed by atoms with Crippen molar-refractivity contribution in [2.75, 3.05) is 20.1 Å². The van der Waals surface area contributed by atoms with E-state index in [-0.39, 0.29) is 5.91 Å². The summed E-state index contributed by atoms with van der Waals surface area (Å²) in [6, 6.07) is 13.7. The predicted octanol–water partition coefficient (Wildman–Crippen LogP) is 2.95. The van der Waals surface area contributed by atoms with Crippen LogP contribution in [0.1, 0.15) is 24.6 Å². The van der Waals surface area contributed by atoms with Crippen molar-refractivity contribution in [1.29, 1.82) is 0 Å². The van der Waals surface area contributed by atoms with E-state index >= 15 is 0 Å². The minimum atomic E-state index is 0.0822. The number of rotatable bonds is 8. The summed E-state index contributed by atoms with van der Waals surface area (Å²) in [5.74, 6) is 0.767. The van der Waals surface area contributed by atoms with E-state index in [1.165, 1.54) is 0 Å². The molecule has 0 aliphatic rings. The quantitative estimate of drug-likeness (QED) is 0.497. The maximum Gasteiger partial charge on any atom is 0.224 e. The molecule has 1 aromatic heterocycles. The van der Waals surface area contributed by atoms with Crippen LogP contribution in [0, 0.1) is 0 Å². The van der Waals surface area contributed by atoms with Gasteiger partial charge >= 0.3 is 0 Å². The van der Waals surface area contributed by atoms with E-state index in [4.69, 9.17) is 0 Å². The van der Waals surface area contributed by atoms with E-state index in [1.807, 2.05) is 56.4 Å². The number of carbonyl (C=O) groups is 1. The van der Waals surface area contributed by atoms with Crippen molar-refractivity contribution in [3.05, 3.63) is 64.4 Å². The van der Waals surface area contributed by atoms with Gasteiger partial charge in [0.05, 0.1) is 12.2 Å². The summed E-state index contributed by atoms with van der Waals surface area (Å²) in [7, 11) is 1.82. The summed E-state index contributed by atoms with van der Waals surface area (Å²) in [4.78, 5) is 22.9. The van der Waals surface area contributed by atoms with Crippen LogP contribution in [-0.2, 0) is 17.9 Å². The van der Waals surface area contributed by atoms with E-state index in [0.717, 1.165) is 22.3 Å². The number of pyridine rings is 1. The van der Waals surface area contributed by atoms with E-state index in [0.29, 0.717) is 32.0 Å². The van der Waals surface area contributed by atoms with Crippen LogP contribution in [-0.4, -0.2) is 41.9 Å². The zero-order chi connectivity index (χ0) is 19.5. The van der Waals surface area contributed by atoms with Gasteiger partial charge in [-0.05, 0) is 30.7 Å². The Bertz CT molecular complexity index is 751. The number of halogens is 1. The largest absolute Gasteiger partial charge is 0.357 e. The number of amides is 1. The van der Waals surface area contributed by atoms with Gasteiger partial charge in [-0.1, -0.05) is 40.2 Å². The fourth-order valence-electron chi connectivity index (χ4n) is 2.44. The van der Waals surface area contributed by atoms with Crippen molar-refractivity contribution in [3.8, 4) is 0 Å². The summed E-state index contributed by atoms with van der Waals surface area (Å²) in [6.45, 7) is 4.35. The highest BCUT2D eigenvalue weighted by Gasteiger charge is 2.11. The molecule has 0 saturated carbocycles. The lowest BCUT2D eigenvalue weighted by Gasteiger charge is -2.19. The van der Waals surface area contributed by atoms with Gasteiger partial charge in [0, 0.05) is 43.8 Å². The SMILES string of the molecule is CCNC(=NCc1ccccn1)NCCC(=O)N(C)Cc1ccccc1Br. The zero-order valence-electron chi connectivity index (χ0n) is 15.8. The molecule has 0 bridgehead atoms. The van der Waals surface area contributed by atoms with E-state index in [9.17, 15) is 4.79 Å². The lowest BCUT2D eigenvalue weighted by molar-refractivity contribution is -0.130. The van der Waals surface area contributed by atoms with Crippen LogP contribution in [0.3, 0.4) is 0 Å². The maximum absolute atomic E-state index is 12.4. The van der Waals surface area contributed by atoms with Crippen molar-refractivity contribution in [3.63, 3.8) is 0 Å². The first kappa shape index (κ1) is 20.9. The summed E-state index contributed by atoms with van der Waals surface area (Å²) in [5, 5.41) is 6.39. The van der Waals surface area contributed by atoms with Gasteiger partial charge in [-0.3, -0.25) is 9.78 Å². The van der Waals surface area contributed by atoms with Crippen molar-refractivity contribution >= 4 is 27.8 Å². The zero-order valence-corrected chi connectivity index (χ0v) is 17.4. The molecule has 7 heteroatoms. The molecule has 0 fully saturated rings. The number of aromatic nitrogens is 1. The Morgan fingerprint density at radius 3 is 2.67 bits per heavy atom. The highest BCUT2D eigenvalue weighted by Crippen LogP contribution is 2.17. The third kappa shape index (κ3) is 7.38. The van der Waals surface area contributed by atoms with Gasteiger partial charge in [0.1, 0.15) is 0 Å². The van der Waals surface area contributed by atoms with Crippen molar-refractivity contribution in [2.45, 2.75) is 26.4 Å². The third-order valence-corrected chi connectivity index (χ3v) is 4.67. The predicted molar refractivity (Wildman–Crippen MR) is 112 cm³/mol. The van der Waals surface area contributed by atoms with Crippen molar-refractivity contribution in [2.24, 2.45) is 4.99 Å². The standard InChI is InChI=1S/C20H26BrN5O/c1-3-22-20(25-14-17-9-6-7-12-23-17)24-13-11-19(27)26(2)15-16-8-4-5-10-18(16)21/h4-10,12H,3,11,13-15H2,1-2H3,(H2,22,24,25). The van der Waals surface area contributed by atoms with Crippen LogP contribution in [0.4, 0.5) is 0 Å². The molecule has 0 radical (unpaired) electrons. The fourth-order valence-corrected chi connectivity index (χ4v) is 2.85. The third-order valence-electron chi connectivity index (χ3n) is 3.89. The molecule has 0 atom stereocenters. The molecule has 0 saturated heterocycles. The second kappa shape index (κ2) is 11.3. The van der Waals surface area contributed by atoms with Crippen LogP contribution in [0.15, 0.2) is 58.1 Å².